The first-order valence-corrected chi connectivity index (χ1v) is 9.85. The van der Waals surface area contributed by atoms with E-state index >= 15 is 0 Å². The van der Waals surface area contributed by atoms with E-state index in [9.17, 15) is 4.79 Å². The minimum absolute atomic E-state index is 0.112. The van der Waals surface area contributed by atoms with Gasteiger partial charge in [0.15, 0.2) is 0 Å². The quantitative estimate of drug-likeness (QED) is 0.787. The number of hydrogen-bond acceptors (Lipinski definition) is 5. The summed E-state index contributed by atoms with van der Waals surface area (Å²) in [5.74, 6) is 0.702. The fourth-order valence-electron chi connectivity index (χ4n) is 3.09. The van der Waals surface area contributed by atoms with E-state index in [1.54, 1.807) is 6.26 Å². The van der Waals surface area contributed by atoms with Crippen LogP contribution in [0.2, 0.25) is 5.02 Å². The Morgan fingerprint density at radius 2 is 2.04 bits per heavy atom. The van der Waals surface area contributed by atoms with Crippen molar-refractivity contribution in [1.29, 1.82) is 0 Å². The highest BCUT2D eigenvalue weighted by Crippen LogP contribution is 2.22. The topological polar surface area (TPSA) is 61.6 Å². The third-order valence-electron chi connectivity index (χ3n) is 4.86. The molecule has 1 saturated heterocycles. The lowest BCUT2D eigenvalue weighted by Crippen LogP contribution is -2.49. The van der Waals surface area contributed by atoms with Crippen molar-refractivity contribution >= 4 is 17.5 Å². The number of oxazole rings is 1. The molecule has 1 N–H and O–H groups in total. The summed E-state index contributed by atoms with van der Waals surface area (Å²) < 4.78 is 5.61. The maximum absolute atomic E-state index is 12.0. The van der Waals surface area contributed by atoms with Crippen LogP contribution < -0.4 is 5.32 Å². The zero-order valence-electron chi connectivity index (χ0n) is 15.9. The van der Waals surface area contributed by atoms with Crippen LogP contribution in [0.5, 0.6) is 0 Å². The summed E-state index contributed by atoms with van der Waals surface area (Å²) in [6.45, 7) is 8.92. The zero-order chi connectivity index (χ0) is 19.2. The van der Waals surface area contributed by atoms with Crippen LogP contribution in [0.1, 0.15) is 26.0 Å². The molecule has 7 heteroatoms. The van der Waals surface area contributed by atoms with Gasteiger partial charge in [-0.2, -0.15) is 0 Å². The number of hydrogen-bond donors (Lipinski definition) is 1. The van der Waals surface area contributed by atoms with Crippen LogP contribution in [0.15, 0.2) is 34.9 Å². The average Bonchev–Trinajstić information content (AvgIpc) is 3.12. The van der Waals surface area contributed by atoms with Crippen LogP contribution in [0.25, 0.3) is 11.5 Å². The summed E-state index contributed by atoms with van der Waals surface area (Å²) in [4.78, 5) is 21.1. The van der Waals surface area contributed by atoms with Crippen molar-refractivity contribution < 1.29 is 9.21 Å². The number of nitrogens with zero attached hydrogens (tertiary/aromatic N) is 3. The Hall–Kier alpha value is -1.89. The third-order valence-corrected chi connectivity index (χ3v) is 5.10. The number of piperazine rings is 1. The molecule has 1 fully saturated rings. The Kier molecular flexibility index (Phi) is 6.88. The lowest BCUT2D eigenvalue weighted by molar-refractivity contribution is -0.123. The molecule has 0 bridgehead atoms. The van der Waals surface area contributed by atoms with Crippen LogP contribution in [-0.4, -0.2) is 59.5 Å². The van der Waals surface area contributed by atoms with Crippen molar-refractivity contribution in [3.05, 3.63) is 41.2 Å². The summed E-state index contributed by atoms with van der Waals surface area (Å²) in [7, 11) is 0. The summed E-state index contributed by atoms with van der Waals surface area (Å²) in [5, 5.41) is 3.69. The molecule has 0 saturated carbocycles. The minimum atomic E-state index is 0.112. The Bertz CT molecular complexity index is 756. The van der Waals surface area contributed by atoms with Gasteiger partial charge < -0.3 is 9.73 Å². The standard InChI is InChI=1S/C20H27ClN4O2/c1-3-15(2)22-19(26)13-25-9-7-24(8-10-25)12-18-14-27-20(23-18)16-5-4-6-17(21)11-16/h4-6,11,14-15H,3,7-10,12-13H2,1-2H3,(H,22,26). The van der Waals surface area contributed by atoms with Gasteiger partial charge >= 0.3 is 0 Å². The smallest absolute Gasteiger partial charge is 0.234 e. The van der Waals surface area contributed by atoms with Gasteiger partial charge in [0.05, 0.1) is 12.2 Å². The average molecular weight is 391 g/mol. The summed E-state index contributed by atoms with van der Waals surface area (Å²) in [6, 6.07) is 7.74. The molecule has 1 aromatic carbocycles. The largest absolute Gasteiger partial charge is 0.444 e. The summed E-state index contributed by atoms with van der Waals surface area (Å²) in [6.07, 6.45) is 2.66. The summed E-state index contributed by atoms with van der Waals surface area (Å²) >= 11 is 6.03. The number of aromatic nitrogens is 1. The van der Waals surface area contributed by atoms with E-state index in [1.165, 1.54) is 0 Å². The Labute approximate surface area is 165 Å². The van der Waals surface area contributed by atoms with Crippen molar-refractivity contribution in [2.24, 2.45) is 0 Å². The molecule has 2 aromatic rings. The predicted molar refractivity (Wildman–Crippen MR) is 107 cm³/mol. The fourth-order valence-corrected chi connectivity index (χ4v) is 3.28. The molecule has 0 radical (unpaired) electrons. The van der Waals surface area contributed by atoms with E-state index in [0.29, 0.717) is 17.5 Å². The van der Waals surface area contributed by atoms with Crippen molar-refractivity contribution in [3.63, 3.8) is 0 Å². The normalized spacial score (nSPS) is 17.0. The number of benzene rings is 1. The molecule has 1 aliphatic rings. The second-order valence-corrected chi connectivity index (χ2v) is 7.52. The van der Waals surface area contributed by atoms with Crippen LogP contribution in [0, 0.1) is 0 Å². The highest BCUT2D eigenvalue weighted by Gasteiger charge is 2.20. The molecule has 6 nitrogen and oxygen atoms in total. The van der Waals surface area contributed by atoms with Crippen LogP contribution >= 0.6 is 11.6 Å². The Balaban J connectivity index is 1.46. The molecular weight excluding hydrogens is 364 g/mol. The van der Waals surface area contributed by atoms with Crippen molar-refractivity contribution in [3.8, 4) is 11.5 Å². The first-order valence-electron chi connectivity index (χ1n) is 9.48. The van der Waals surface area contributed by atoms with Gasteiger partial charge in [0.1, 0.15) is 6.26 Å². The molecule has 27 heavy (non-hydrogen) atoms. The molecule has 146 valence electrons. The fraction of sp³-hybridized carbons (Fsp3) is 0.500. The van der Waals surface area contributed by atoms with Gasteiger partial charge in [0.25, 0.3) is 0 Å². The van der Waals surface area contributed by atoms with E-state index in [2.05, 4.69) is 27.0 Å². The lowest BCUT2D eigenvalue weighted by Gasteiger charge is -2.34. The first kappa shape index (κ1) is 19.9. The van der Waals surface area contributed by atoms with E-state index < -0.39 is 0 Å². The predicted octanol–water partition coefficient (Wildman–Crippen LogP) is 3.03. The van der Waals surface area contributed by atoms with Crippen molar-refractivity contribution in [2.75, 3.05) is 32.7 Å². The van der Waals surface area contributed by atoms with Gasteiger partial charge in [0, 0.05) is 49.4 Å². The second kappa shape index (κ2) is 9.35. The highest BCUT2D eigenvalue weighted by atomic mass is 35.5. The number of rotatable bonds is 7. The van der Waals surface area contributed by atoms with E-state index in [-0.39, 0.29) is 11.9 Å². The van der Waals surface area contributed by atoms with E-state index in [4.69, 9.17) is 16.0 Å². The minimum Gasteiger partial charge on any atom is -0.444 e. The van der Waals surface area contributed by atoms with E-state index in [1.807, 2.05) is 31.2 Å². The van der Waals surface area contributed by atoms with Crippen LogP contribution in [0.4, 0.5) is 0 Å². The molecule has 1 atom stereocenters. The van der Waals surface area contributed by atoms with E-state index in [0.717, 1.165) is 50.4 Å². The molecule has 1 amide bonds. The number of halogens is 1. The molecule has 1 aromatic heterocycles. The van der Waals surface area contributed by atoms with Crippen molar-refractivity contribution in [2.45, 2.75) is 32.9 Å². The Morgan fingerprint density at radius 1 is 1.30 bits per heavy atom. The Morgan fingerprint density at radius 3 is 2.74 bits per heavy atom. The molecule has 0 spiro atoms. The molecule has 3 rings (SSSR count). The van der Waals surface area contributed by atoms with Gasteiger partial charge in [-0.05, 0) is 31.5 Å². The van der Waals surface area contributed by atoms with Gasteiger partial charge in [-0.25, -0.2) is 4.98 Å². The monoisotopic (exact) mass is 390 g/mol. The van der Waals surface area contributed by atoms with Crippen molar-refractivity contribution in [1.82, 2.24) is 20.1 Å². The number of nitrogens with one attached hydrogen (secondary N) is 1. The number of carbonyl (C=O) groups is 1. The second-order valence-electron chi connectivity index (χ2n) is 7.08. The summed E-state index contributed by atoms with van der Waals surface area (Å²) in [5.41, 5.74) is 1.79. The van der Waals surface area contributed by atoms with Gasteiger partial charge in [-0.15, -0.1) is 0 Å². The van der Waals surface area contributed by atoms with Gasteiger partial charge in [0.2, 0.25) is 11.8 Å². The third kappa shape index (κ3) is 5.79. The molecule has 1 unspecified atom stereocenters. The van der Waals surface area contributed by atoms with Gasteiger partial charge in [-0.1, -0.05) is 24.6 Å². The highest BCUT2D eigenvalue weighted by molar-refractivity contribution is 6.30. The molecule has 0 aliphatic carbocycles. The van der Waals surface area contributed by atoms with Crippen LogP contribution in [0.3, 0.4) is 0 Å². The first-order chi connectivity index (χ1) is 13.0. The lowest BCUT2D eigenvalue weighted by atomic mass is 10.2. The maximum Gasteiger partial charge on any atom is 0.234 e. The molecular formula is C20H27ClN4O2. The maximum atomic E-state index is 12.0. The van der Waals surface area contributed by atoms with Crippen LogP contribution in [-0.2, 0) is 11.3 Å². The van der Waals surface area contributed by atoms with Gasteiger partial charge in [-0.3, -0.25) is 14.6 Å². The number of carbonyl (C=O) groups excluding carboxylic acids is 1. The molecule has 2 heterocycles. The molecule has 1 aliphatic heterocycles. The SMILES string of the molecule is CCC(C)NC(=O)CN1CCN(Cc2coc(-c3cccc(Cl)c3)n2)CC1. The zero-order valence-corrected chi connectivity index (χ0v) is 16.7. The number of amides is 1.